The normalized spacial score (nSPS) is 31.1. The Kier molecular flexibility index (Phi) is 5.72. The van der Waals surface area contributed by atoms with E-state index in [-0.39, 0.29) is 0 Å². The first-order chi connectivity index (χ1) is 6.18. The Hall–Kier alpha value is 0.765. The highest BCUT2D eigenvalue weighted by molar-refractivity contribution is 8.01. The molecule has 3 heteroatoms. The van der Waals surface area contributed by atoms with Crippen molar-refractivity contribution in [2.24, 2.45) is 0 Å². The minimum absolute atomic E-state index is 0.751. The lowest BCUT2D eigenvalue weighted by atomic mass is 9.57. The van der Waals surface area contributed by atoms with Gasteiger partial charge in [-0.2, -0.15) is 23.5 Å². The molecule has 0 aromatic carbocycles. The lowest BCUT2D eigenvalue weighted by Gasteiger charge is -2.23. The topological polar surface area (TPSA) is 0 Å². The van der Waals surface area contributed by atoms with Gasteiger partial charge in [-0.25, -0.2) is 0 Å². The zero-order valence-electron chi connectivity index (χ0n) is 8.95. The van der Waals surface area contributed by atoms with E-state index in [1.54, 1.807) is 0 Å². The van der Waals surface area contributed by atoms with Gasteiger partial charge < -0.3 is 0 Å². The molecule has 2 atom stereocenters. The van der Waals surface area contributed by atoms with Crippen LogP contribution in [0.5, 0.6) is 0 Å². The fraction of sp³-hybridized carbons (Fsp3) is 1.00. The molecular weight excluding hydrogens is 195 g/mol. The number of thioether (sulfide) groups is 2. The van der Waals surface area contributed by atoms with Gasteiger partial charge in [-0.15, -0.1) is 0 Å². The van der Waals surface area contributed by atoms with Crippen LogP contribution in [0.25, 0.3) is 0 Å². The van der Waals surface area contributed by atoms with Crippen LogP contribution in [0.4, 0.5) is 0 Å². The van der Waals surface area contributed by atoms with Crippen LogP contribution >= 0.6 is 23.5 Å². The summed E-state index contributed by atoms with van der Waals surface area (Å²) in [6.45, 7) is 6.94. The van der Waals surface area contributed by atoms with Gasteiger partial charge in [0.15, 0.2) is 0 Å². The molecule has 0 N–H and O–H groups in total. The third kappa shape index (κ3) is 5.26. The van der Waals surface area contributed by atoms with E-state index in [0.29, 0.717) is 0 Å². The van der Waals surface area contributed by atoms with Crippen LogP contribution in [-0.4, -0.2) is 29.8 Å². The summed E-state index contributed by atoms with van der Waals surface area (Å²) in [6.07, 6.45) is 1.39. The van der Waals surface area contributed by atoms with Crippen LogP contribution < -0.4 is 0 Å². The lowest BCUT2D eigenvalue weighted by molar-refractivity contribution is 0.897. The van der Waals surface area contributed by atoms with Crippen molar-refractivity contribution in [1.82, 2.24) is 0 Å². The minimum Gasteiger partial charge on any atom is -0.162 e. The van der Waals surface area contributed by atoms with Crippen molar-refractivity contribution in [3.8, 4) is 0 Å². The van der Waals surface area contributed by atoms with Gasteiger partial charge in [-0.05, 0) is 23.7 Å². The summed E-state index contributed by atoms with van der Waals surface area (Å²) in [5.74, 6) is 5.64. The standard InChI is InChI=1S/C10H20BS2/c1-8(2)11-10-6-12-5-4-9(3)13-7-10/h8-10H,4-7H2,1-3H3. The zero-order valence-corrected chi connectivity index (χ0v) is 10.6. The Bertz CT molecular complexity index is 139. The molecule has 0 saturated carbocycles. The van der Waals surface area contributed by atoms with E-state index < -0.39 is 0 Å². The van der Waals surface area contributed by atoms with Gasteiger partial charge in [-0.1, -0.05) is 32.4 Å². The largest absolute Gasteiger partial charge is 0.162 e. The Morgan fingerprint density at radius 1 is 1.31 bits per heavy atom. The third-order valence-electron chi connectivity index (χ3n) is 2.25. The Balaban J connectivity index is 2.28. The Labute approximate surface area is 92.3 Å². The van der Waals surface area contributed by atoms with Gasteiger partial charge in [-0.3, -0.25) is 0 Å². The first-order valence-corrected chi connectivity index (χ1v) is 7.43. The Morgan fingerprint density at radius 2 is 2.08 bits per heavy atom. The van der Waals surface area contributed by atoms with Crippen LogP contribution in [0.3, 0.4) is 0 Å². The van der Waals surface area contributed by atoms with Gasteiger partial charge >= 0.3 is 0 Å². The van der Waals surface area contributed by atoms with Crippen LogP contribution in [-0.2, 0) is 0 Å². The summed E-state index contributed by atoms with van der Waals surface area (Å²) in [7, 11) is 2.53. The molecule has 0 aliphatic carbocycles. The van der Waals surface area contributed by atoms with Gasteiger partial charge in [0, 0.05) is 5.25 Å². The molecule has 2 unspecified atom stereocenters. The summed E-state index contributed by atoms with van der Waals surface area (Å²) in [5.41, 5.74) is 0. The average Bonchev–Trinajstić information content (AvgIpc) is 2.03. The molecule has 0 nitrogen and oxygen atoms in total. The van der Waals surface area contributed by atoms with Crippen molar-refractivity contribution < 1.29 is 0 Å². The minimum atomic E-state index is 0.751. The number of hydrogen-bond acceptors (Lipinski definition) is 2. The van der Waals surface area contributed by atoms with E-state index in [0.717, 1.165) is 16.9 Å². The fourth-order valence-corrected chi connectivity index (χ4v) is 4.16. The van der Waals surface area contributed by atoms with Crippen LogP contribution in [0.2, 0.25) is 11.6 Å². The molecule has 1 heterocycles. The first-order valence-electron chi connectivity index (χ1n) is 5.23. The van der Waals surface area contributed by atoms with Crippen molar-refractivity contribution in [3.05, 3.63) is 0 Å². The molecule has 1 aliphatic heterocycles. The maximum Gasteiger partial charge on any atom is 0.119 e. The van der Waals surface area contributed by atoms with Crippen LogP contribution in [0.15, 0.2) is 0 Å². The molecule has 0 aromatic heterocycles. The summed E-state index contributed by atoms with van der Waals surface area (Å²) >= 11 is 4.30. The van der Waals surface area contributed by atoms with Crippen LogP contribution in [0.1, 0.15) is 27.2 Å². The van der Waals surface area contributed by atoms with Crippen molar-refractivity contribution in [1.29, 1.82) is 0 Å². The monoisotopic (exact) mass is 215 g/mol. The highest BCUT2D eigenvalue weighted by Gasteiger charge is 2.17. The second-order valence-corrected chi connectivity index (χ2v) is 6.83. The highest BCUT2D eigenvalue weighted by Crippen LogP contribution is 2.29. The van der Waals surface area contributed by atoms with Crippen molar-refractivity contribution >= 4 is 30.8 Å². The number of rotatable bonds is 2. The molecule has 0 amide bonds. The molecule has 0 spiro atoms. The fourth-order valence-electron chi connectivity index (χ4n) is 1.56. The van der Waals surface area contributed by atoms with Gasteiger partial charge in [0.2, 0.25) is 0 Å². The second-order valence-electron chi connectivity index (χ2n) is 4.20. The molecule has 1 saturated heterocycles. The summed E-state index contributed by atoms with van der Waals surface area (Å²) < 4.78 is 0. The summed E-state index contributed by atoms with van der Waals surface area (Å²) in [5, 5.41) is 0.871. The van der Waals surface area contributed by atoms with Crippen molar-refractivity contribution in [2.45, 2.75) is 44.1 Å². The van der Waals surface area contributed by atoms with E-state index in [1.807, 2.05) is 0 Å². The molecule has 0 aromatic rings. The number of hydrogen-bond donors (Lipinski definition) is 0. The molecule has 13 heavy (non-hydrogen) atoms. The second kappa shape index (κ2) is 6.29. The SMILES string of the molecule is CC(C)[B]C1CSCCC(C)SC1. The van der Waals surface area contributed by atoms with Gasteiger partial charge in [0.05, 0.1) is 0 Å². The summed E-state index contributed by atoms with van der Waals surface area (Å²) in [4.78, 5) is 0. The molecule has 1 aliphatic rings. The molecular formula is C10H20BS2. The lowest BCUT2D eigenvalue weighted by Crippen LogP contribution is -2.16. The van der Waals surface area contributed by atoms with E-state index in [9.17, 15) is 0 Å². The van der Waals surface area contributed by atoms with E-state index in [4.69, 9.17) is 0 Å². The van der Waals surface area contributed by atoms with Crippen molar-refractivity contribution in [3.63, 3.8) is 0 Å². The average molecular weight is 215 g/mol. The molecule has 1 rings (SSSR count). The quantitative estimate of drug-likeness (QED) is 0.646. The van der Waals surface area contributed by atoms with E-state index >= 15 is 0 Å². The summed E-state index contributed by atoms with van der Waals surface area (Å²) in [6, 6.07) is 0. The smallest absolute Gasteiger partial charge is 0.119 e. The van der Waals surface area contributed by atoms with E-state index in [1.165, 1.54) is 23.7 Å². The molecule has 0 bridgehead atoms. The highest BCUT2D eigenvalue weighted by atomic mass is 32.2. The van der Waals surface area contributed by atoms with E-state index in [2.05, 4.69) is 51.6 Å². The molecule has 1 radical (unpaired) electrons. The molecule has 1 fully saturated rings. The predicted octanol–water partition coefficient (Wildman–Crippen LogP) is 3.57. The first kappa shape index (κ1) is 11.8. The van der Waals surface area contributed by atoms with Gasteiger partial charge in [0.25, 0.3) is 0 Å². The molecule has 75 valence electrons. The third-order valence-corrected chi connectivity index (χ3v) is 4.87. The Morgan fingerprint density at radius 3 is 2.77 bits per heavy atom. The van der Waals surface area contributed by atoms with Crippen LogP contribution in [0, 0.1) is 0 Å². The predicted molar refractivity (Wildman–Crippen MR) is 68.5 cm³/mol. The zero-order chi connectivity index (χ0) is 9.68. The maximum absolute atomic E-state index is 2.53. The van der Waals surface area contributed by atoms with Gasteiger partial charge in [0.1, 0.15) is 7.28 Å². The van der Waals surface area contributed by atoms with Crippen molar-refractivity contribution in [2.75, 3.05) is 17.3 Å². The maximum atomic E-state index is 2.53.